The van der Waals surface area contributed by atoms with E-state index in [0.717, 1.165) is 20.7 Å². The lowest BCUT2D eigenvalue weighted by atomic mass is 10.1. The topological polar surface area (TPSA) is 61.6 Å². The first-order valence-corrected chi connectivity index (χ1v) is 7.06. The van der Waals surface area contributed by atoms with E-state index in [9.17, 15) is 0 Å². The van der Waals surface area contributed by atoms with Crippen molar-refractivity contribution in [2.45, 2.75) is 6.42 Å². The normalized spacial score (nSPS) is 9.95. The van der Waals surface area contributed by atoms with E-state index in [-0.39, 0.29) is 5.82 Å². The number of nitriles is 1. The van der Waals surface area contributed by atoms with Crippen LogP contribution in [0, 0.1) is 15.0 Å². The summed E-state index contributed by atoms with van der Waals surface area (Å²) in [5, 5.41) is 12.7. The standard InChI is InChI=1S/C13H10ClIN4/c14-10-4-2-1-3-9(10)5-6-17-12-7-11(15)18-13(8-16)19-12/h1-4,7H,5-6H2,(H,17,18,19). The first-order valence-electron chi connectivity index (χ1n) is 5.61. The summed E-state index contributed by atoms with van der Waals surface area (Å²) in [4.78, 5) is 8.07. The van der Waals surface area contributed by atoms with Crippen molar-refractivity contribution in [2.75, 3.05) is 11.9 Å². The zero-order chi connectivity index (χ0) is 13.7. The number of nitrogens with zero attached hydrogens (tertiary/aromatic N) is 3. The molecule has 0 aliphatic carbocycles. The van der Waals surface area contributed by atoms with E-state index >= 15 is 0 Å². The highest BCUT2D eigenvalue weighted by Gasteiger charge is 2.03. The van der Waals surface area contributed by atoms with Crippen molar-refractivity contribution < 1.29 is 0 Å². The molecule has 0 saturated heterocycles. The van der Waals surface area contributed by atoms with E-state index in [1.54, 1.807) is 6.07 Å². The largest absolute Gasteiger partial charge is 0.370 e. The van der Waals surface area contributed by atoms with E-state index < -0.39 is 0 Å². The van der Waals surface area contributed by atoms with Crippen molar-refractivity contribution in [2.24, 2.45) is 0 Å². The number of hydrogen-bond donors (Lipinski definition) is 1. The first-order chi connectivity index (χ1) is 9.19. The van der Waals surface area contributed by atoms with Crippen LogP contribution in [0.3, 0.4) is 0 Å². The van der Waals surface area contributed by atoms with Crippen LogP contribution in [0.25, 0.3) is 0 Å². The Hall–Kier alpha value is -1.39. The van der Waals surface area contributed by atoms with Crippen LogP contribution >= 0.6 is 34.2 Å². The van der Waals surface area contributed by atoms with Crippen molar-refractivity contribution in [3.05, 3.63) is 50.4 Å². The van der Waals surface area contributed by atoms with Gasteiger partial charge in [0.25, 0.3) is 0 Å². The Morgan fingerprint density at radius 2 is 2.11 bits per heavy atom. The average molecular weight is 385 g/mol. The predicted octanol–water partition coefficient (Wildman–Crippen LogP) is 3.26. The molecule has 0 atom stereocenters. The van der Waals surface area contributed by atoms with Gasteiger partial charge in [0.1, 0.15) is 15.6 Å². The number of halogens is 2. The molecule has 0 bridgehead atoms. The minimum atomic E-state index is 0.173. The maximum Gasteiger partial charge on any atom is 0.235 e. The summed E-state index contributed by atoms with van der Waals surface area (Å²) < 4.78 is 0.740. The lowest BCUT2D eigenvalue weighted by Crippen LogP contribution is -2.08. The molecular formula is C13H10ClIN4. The highest BCUT2D eigenvalue weighted by Crippen LogP contribution is 2.15. The fourth-order valence-corrected chi connectivity index (χ4v) is 2.34. The van der Waals surface area contributed by atoms with Crippen LogP contribution in [-0.2, 0) is 6.42 Å². The summed E-state index contributed by atoms with van der Waals surface area (Å²) >= 11 is 8.14. The smallest absolute Gasteiger partial charge is 0.235 e. The Labute approximate surface area is 130 Å². The van der Waals surface area contributed by atoms with E-state index in [1.807, 2.05) is 30.3 Å². The highest BCUT2D eigenvalue weighted by molar-refractivity contribution is 14.1. The minimum absolute atomic E-state index is 0.173. The molecule has 0 aliphatic rings. The number of nitrogens with one attached hydrogen (secondary N) is 1. The van der Waals surface area contributed by atoms with Gasteiger partial charge in [0.15, 0.2) is 0 Å². The molecule has 0 aliphatic heterocycles. The van der Waals surface area contributed by atoms with Gasteiger partial charge in [0.05, 0.1) is 0 Å². The molecule has 0 unspecified atom stereocenters. The number of aromatic nitrogens is 2. The number of benzene rings is 1. The van der Waals surface area contributed by atoms with Crippen LogP contribution in [0.15, 0.2) is 30.3 Å². The second-order valence-electron chi connectivity index (χ2n) is 3.78. The Kier molecular flexibility index (Phi) is 4.93. The van der Waals surface area contributed by atoms with Crippen LogP contribution in [0.2, 0.25) is 5.02 Å². The lowest BCUT2D eigenvalue weighted by Gasteiger charge is -2.07. The molecule has 1 heterocycles. The number of hydrogen-bond acceptors (Lipinski definition) is 4. The lowest BCUT2D eigenvalue weighted by molar-refractivity contribution is 0.989. The summed E-state index contributed by atoms with van der Waals surface area (Å²) in [7, 11) is 0. The molecule has 1 N–H and O–H groups in total. The molecule has 1 aromatic carbocycles. The van der Waals surface area contributed by atoms with Gasteiger partial charge in [-0.3, -0.25) is 0 Å². The molecule has 1 aromatic heterocycles. The third-order valence-corrected chi connectivity index (χ3v) is 3.37. The molecular weight excluding hydrogens is 375 g/mol. The zero-order valence-corrected chi connectivity index (χ0v) is 12.8. The summed E-state index contributed by atoms with van der Waals surface area (Å²) in [5.74, 6) is 0.829. The maximum absolute atomic E-state index is 8.80. The van der Waals surface area contributed by atoms with E-state index in [1.165, 1.54) is 0 Å². The number of anilines is 1. The van der Waals surface area contributed by atoms with Crippen molar-refractivity contribution in [3.8, 4) is 6.07 Å². The van der Waals surface area contributed by atoms with Gasteiger partial charge < -0.3 is 5.32 Å². The third-order valence-electron chi connectivity index (χ3n) is 2.45. The fourth-order valence-electron chi connectivity index (χ4n) is 1.58. The van der Waals surface area contributed by atoms with Crippen molar-refractivity contribution in [3.63, 3.8) is 0 Å². The monoisotopic (exact) mass is 384 g/mol. The van der Waals surface area contributed by atoms with E-state index in [2.05, 4.69) is 37.9 Å². The zero-order valence-electron chi connectivity index (χ0n) is 9.90. The predicted molar refractivity (Wildman–Crippen MR) is 83.1 cm³/mol. The van der Waals surface area contributed by atoms with Gasteiger partial charge >= 0.3 is 0 Å². The Morgan fingerprint density at radius 1 is 1.32 bits per heavy atom. The van der Waals surface area contributed by atoms with Crippen molar-refractivity contribution >= 4 is 40.0 Å². The van der Waals surface area contributed by atoms with Gasteiger partial charge in [-0.05, 0) is 40.6 Å². The molecule has 6 heteroatoms. The second kappa shape index (κ2) is 6.68. The second-order valence-corrected chi connectivity index (χ2v) is 5.29. The summed E-state index contributed by atoms with van der Waals surface area (Å²) in [6.45, 7) is 0.696. The molecule has 0 spiro atoms. The van der Waals surface area contributed by atoms with Crippen LogP contribution < -0.4 is 5.32 Å². The summed E-state index contributed by atoms with van der Waals surface area (Å²) in [5.41, 5.74) is 1.08. The van der Waals surface area contributed by atoms with Crippen molar-refractivity contribution in [1.29, 1.82) is 5.26 Å². The molecule has 19 heavy (non-hydrogen) atoms. The molecule has 0 radical (unpaired) electrons. The molecule has 96 valence electrons. The van der Waals surface area contributed by atoms with Gasteiger partial charge in [-0.15, -0.1) is 0 Å². The van der Waals surface area contributed by atoms with Crippen LogP contribution in [-0.4, -0.2) is 16.5 Å². The van der Waals surface area contributed by atoms with Gasteiger partial charge in [-0.1, -0.05) is 29.8 Å². The Balaban J connectivity index is 1.98. The quantitative estimate of drug-likeness (QED) is 0.649. The molecule has 2 rings (SSSR count). The van der Waals surface area contributed by atoms with E-state index in [4.69, 9.17) is 16.9 Å². The molecule has 0 amide bonds. The molecule has 0 fully saturated rings. The van der Waals surface area contributed by atoms with Gasteiger partial charge in [0, 0.05) is 17.6 Å². The Morgan fingerprint density at radius 3 is 2.84 bits per heavy atom. The average Bonchev–Trinajstić information content (AvgIpc) is 2.40. The fraction of sp³-hybridized carbons (Fsp3) is 0.154. The first kappa shape index (κ1) is 14.0. The SMILES string of the molecule is N#Cc1nc(I)cc(NCCc2ccccc2Cl)n1. The summed E-state index contributed by atoms with van der Waals surface area (Å²) in [6.07, 6.45) is 0.794. The van der Waals surface area contributed by atoms with Crippen LogP contribution in [0.4, 0.5) is 5.82 Å². The maximum atomic E-state index is 8.80. The van der Waals surface area contributed by atoms with E-state index in [0.29, 0.717) is 12.4 Å². The third kappa shape index (κ3) is 4.04. The van der Waals surface area contributed by atoms with Crippen LogP contribution in [0.1, 0.15) is 11.4 Å². The Bertz CT molecular complexity index is 624. The summed E-state index contributed by atoms with van der Waals surface area (Å²) in [6, 6.07) is 11.5. The van der Waals surface area contributed by atoms with Gasteiger partial charge in [-0.25, -0.2) is 9.97 Å². The molecule has 0 saturated carbocycles. The minimum Gasteiger partial charge on any atom is -0.370 e. The van der Waals surface area contributed by atoms with Crippen LogP contribution in [0.5, 0.6) is 0 Å². The van der Waals surface area contributed by atoms with Gasteiger partial charge in [-0.2, -0.15) is 5.26 Å². The number of rotatable bonds is 4. The highest BCUT2D eigenvalue weighted by atomic mass is 127. The van der Waals surface area contributed by atoms with Crippen molar-refractivity contribution in [1.82, 2.24) is 9.97 Å². The molecule has 4 nitrogen and oxygen atoms in total. The molecule has 2 aromatic rings. The van der Waals surface area contributed by atoms with Gasteiger partial charge in [0.2, 0.25) is 5.82 Å².